The van der Waals surface area contributed by atoms with Crippen LogP contribution in [-0.4, -0.2) is 95.0 Å². The van der Waals surface area contributed by atoms with Crippen molar-refractivity contribution in [1.82, 2.24) is 19.5 Å². The minimum Gasteiger partial charge on any atom is -0.476 e. The molecule has 0 fully saturated rings. The molecule has 0 aromatic carbocycles. The molecule has 0 aliphatic rings. The normalized spacial score (nSPS) is 15.5. The van der Waals surface area contributed by atoms with Crippen LogP contribution in [-0.2, 0) is 47.6 Å². The number of imidazole rings is 1. The Bertz CT molecular complexity index is 1280. The lowest BCUT2D eigenvalue weighted by molar-refractivity contribution is -0.255. The van der Waals surface area contributed by atoms with E-state index in [2.05, 4.69) is 24.4 Å². The fraction of sp³-hybridized carbons (Fsp3) is 0.696. The van der Waals surface area contributed by atoms with E-state index in [1.54, 1.807) is 6.92 Å². The number of aliphatic hydroxyl groups is 1. The van der Waals surface area contributed by atoms with Crippen molar-refractivity contribution in [3.8, 4) is 5.88 Å². The summed E-state index contributed by atoms with van der Waals surface area (Å²) in [6.45, 7) is 4.92. The maximum absolute atomic E-state index is 16.2. The van der Waals surface area contributed by atoms with Crippen LogP contribution in [0.1, 0.15) is 41.5 Å². The molecule has 250 valence electrons. The molecule has 0 saturated heterocycles. The molecule has 3 N–H and O–H groups in total. The van der Waals surface area contributed by atoms with Gasteiger partial charge in [-0.15, -0.1) is 0 Å². The Morgan fingerprint density at radius 1 is 1.05 bits per heavy atom. The lowest BCUT2D eigenvalue weighted by atomic mass is 10.0. The van der Waals surface area contributed by atoms with Crippen LogP contribution in [0.4, 0.5) is 24.3 Å². The van der Waals surface area contributed by atoms with E-state index in [0.717, 1.165) is 20.4 Å². The Morgan fingerprint density at radius 3 is 2.07 bits per heavy atom. The van der Waals surface area contributed by atoms with Crippen LogP contribution < -0.4 is 10.5 Å². The number of nitrogen functional groups attached to an aromatic ring is 1. The summed E-state index contributed by atoms with van der Waals surface area (Å²) in [6, 6.07) is 0. The average Bonchev–Trinajstić information content (AvgIpc) is 3.35. The minimum atomic E-state index is -5.01. The number of halogens is 2. The second-order valence-electron chi connectivity index (χ2n) is 9.36. The number of phosphoric ester groups is 1. The first kappa shape index (κ1) is 36.8. The highest BCUT2D eigenvalue weighted by Crippen LogP contribution is 2.51. The zero-order valence-corrected chi connectivity index (χ0v) is 25.9. The highest BCUT2D eigenvalue weighted by Gasteiger charge is 2.54. The number of anilines is 1. The van der Waals surface area contributed by atoms with Crippen molar-refractivity contribution < 1.29 is 70.0 Å². The lowest BCUT2D eigenvalue weighted by Gasteiger charge is -2.36. The summed E-state index contributed by atoms with van der Waals surface area (Å²) in [4.78, 5) is 35.0. The van der Waals surface area contributed by atoms with Gasteiger partial charge in [-0.1, -0.05) is 0 Å². The van der Waals surface area contributed by atoms with E-state index in [-0.39, 0.29) is 29.6 Å². The number of nitrogens with two attached hydrogens (primary N) is 1. The van der Waals surface area contributed by atoms with Gasteiger partial charge in [-0.2, -0.15) is 9.97 Å². The van der Waals surface area contributed by atoms with Gasteiger partial charge in [0.25, 0.3) is 5.85 Å². The number of rotatable bonds is 17. The number of alkyl halides is 2. The summed E-state index contributed by atoms with van der Waals surface area (Å²) in [5.41, 5.74) is 5.38. The number of nitrogens with zero attached hydrogens (tertiary/aromatic N) is 4. The van der Waals surface area contributed by atoms with Crippen molar-refractivity contribution >= 4 is 37.2 Å². The molecule has 18 nitrogen and oxygen atoms in total. The predicted molar refractivity (Wildman–Crippen MR) is 143 cm³/mol. The van der Waals surface area contributed by atoms with Gasteiger partial charge in [0.15, 0.2) is 17.3 Å². The summed E-state index contributed by atoms with van der Waals surface area (Å²) in [5, 5.41) is 10.9. The number of aliphatic hydroxyl groups excluding tert-OH is 1. The molecule has 2 heterocycles. The van der Waals surface area contributed by atoms with Crippen molar-refractivity contribution in [2.45, 2.75) is 71.5 Å². The number of hydrogen-bond acceptors (Lipinski definition) is 17. The van der Waals surface area contributed by atoms with Crippen LogP contribution in [0.3, 0.4) is 0 Å². The SMILES string of the molecule is CCOc1nc(N)nc2c1ncn2[C@](C)(F)[C@H](O)C(F)(COP(=O)(OCOC(=O)OC(C)C)OCOC(=O)OC(C)C)OC. The molecule has 0 aliphatic carbocycles. The first-order chi connectivity index (χ1) is 20.5. The number of aromatic nitrogens is 4. The van der Waals surface area contributed by atoms with Crippen LogP contribution in [0.25, 0.3) is 11.2 Å². The third-order valence-electron chi connectivity index (χ3n) is 5.24. The van der Waals surface area contributed by atoms with Crippen LogP contribution in [0.5, 0.6) is 5.88 Å². The summed E-state index contributed by atoms with van der Waals surface area (Å²) in [5.74, 6) is -6.98. The molecular formula is C23H36F2N5O13P. The third-order valence-corrected chi connectivity index (χ3v) is 6.53. The Balaban J connectivity index is 2.28. The molecule has 0 saturated carbocycles. The number of carbonyl (C=O) groups is 2. The molecule has 2 rings (SSSR count). The molecule has 44 heavy (non-hydrogen) atoms. The van der Waals surface area contributed by atoms with Crippen molar-refractivity contribution in [2.24, 2.45) is 0 Å². The van der Waals surface area contributed by atoms with E-state index in [0.29, 0.717) is 4.57 Å². The molecule has 3 atom stereocenters. The van der Waals surface area contributed by atoms with Gasteiger partial charge in [0.05, 0.1) is 25.1 Å². The molecule has 0 radical (unpaired) electrons. The number of fused-ring (bicyclic) bond motifs is 1. The molecular weight excluding hydrogens is 623 g/mol. The first-order valence-corrected chi connectivity index (χ1v) is 14.4. The topological polar surface area (TPSA) is 224 Å². The third kappa shape index (κ3) is 9.80. The van der Waals surface area contributed by atoms with E-state index in [1.165, 1.54) is 27.7 Å². The fourth-order valence-electron chi connectivity index (χ4n) is 3.23. The lowest BCUT2D eigenvalue weighted by Crippen LogP contribution is -2.55. The number of ether oxygens (including phenoxy) is 6. The number of phosphoric acid groups is 1. The zero-order chi connectivity index (χ0) is 33.3. The summed E-state index contributed by atoms with van der Waals surface area (Å²) in [6.07, 6.45) is -5.46. The van der Waals surface area contributed by atoms with E-state index in [1.807, 2.05) is 0 Å². The van der Waals surface area contributed by atoms with Gasteiger partial charge in [-0.25, -0.2) is 37.0 Å². The molecule has 2 aromatic heterocycles. The largest absolute Gasteiger partial charge is 0.510 e. The quantitative estimate of drug-likeness (QED) is 0.141. The number of methoxy groups -OCH3 is 1. The van der Waals surface area contributed by atoms with Gasteiger partial charge in [0.1, 0.15) is 6.61 Å². The standard InChI is InChI=1S/C23H36F2N5O13P/c1-8-36-17-15-16(28-19(26)29-17)30(10-27-15)22(6,24)18(31)23(25,35-7)9-39-44(34,40-11-37-20(32)42-13(2)3)41-12-38-21(33)43-14(4)5/h10,13-14,18,31H,8-9,11-12H2,1-7H3,(H2,26,28,29)/t18-,22-,23?/m0/s1. The molecule has 0 amide bonds. The van der Waals surface area contributed by atoms with Crippen molar-refractivity contribution in [3.05, 3.63) is 6.33 Å². The van der Waals surface area contributed by atoms with Gasteiger partial charge >= 0.3 is 20.1 Å². The smallest absolute Gasteiger partial charge is 0.476 e. The van der Waals surface area contributed by atoms with Crippen LogP contribution in [0, 0.1) is 0 Å². The number of carbonyl (C=O) groups excluding carboxylic acids is 2. The van der Waals surface area contributed by atoms with Crippen LogP contribution in [0.15, 0.2) is 6.33 Å². The van der Waals surface area contributed by atoms with E-state index in [9.17, 15) is 19.3 Å². The highest BCUT2D eigenvalue weighted by molar-refractivity contribution is 7.48. The Kier molecular flexibility index (Phi) is 13.0. The summed E-state index contributed by atoms with van der Waals surface area (Å²) in [7, 11) is -4.26. The van der Waals surface area contributed by atoms with Crippen molar-refractivity contribution in [3.63, 3.8) is 0 Å². The summed E-state index contributed by atoms with van der Waals surface area (Å²) >= 11 is 0. The molecule has 0 spiro atoms. The van der Waals surface area contributed by atoms with E-state index >= 15 is 8.78 Å². The monoisotopic (exact) mass is 659 g/mol. The first-order valence-electron chi connectivity index (χ1n) is 12.9. The highest BCUT2D eigenvalue weighted by atomic mass is 31.2. The molecule has 21 heteroatoms. The molecule has 1 unspecified atom stereocenters. The Labute approximate surface area is 250 Å². The number of hydrogen-bond donors (Lipinski definition) is 2. The van der Waals surface area contributed by atoms with E-state index < -0.39 is 70.3 Å². The zero-order valence-electron chi connectivity index (χ0n) is 25.1. The van der Waals surface area contributed by atoms with Gasteiger partial charge in [0.2, 0.25) is 31.2 Å². The van der Waals surface area contributed by atoms with Gasteiger partial charge in [0, 0.05) is 7.11 Å². The van der Waals surface area contributed by atoms with Crippen molar-refractivity contribution in [1.29, 1.82) is 0 Å². The second kappa shape index (κ2) is 15.5. The molecule has 2 aromatic rings. The minimum absolute atomic E-state index is 0.0476. The van der Waals surface area contributed by atoms with Crippen molar-refractivity contribution in [2.75, 3.05) is 39.6 Å². The Hall–Kier alpha value is -3.42. The predicted octanol–water partition coefficient (Wildman–Crippen LogP) is 3.32. The van der Waals surface area contributed by atoms with Crippen LogP contribution >= 0.6 is 7.82 Å². The molecule has 0 bridgehead atoms. The van der Waals surface area contributed by atoms with E-state index in [4.69, 9.17) is 38.3 Å². The summed E-state index contributed by atoms with van der Waals surface area (Å²) < 4.78 is 89.3. The average molecular weight is 660 g/mol. The fourth-order valence-corrected chi connectivity index (χ4v) is 4.15. The van der Waals surface area contributed by atoms with Crippen LogP contribution in [0.2, 0.25) is 0 Å². The second-order valence-corrected chi connectivity index (χ2v) is 11.0. The van der Waals surface area contributed by atoms with Gasteiger partial charge < -0.3 is 39.3 Å². The maximum atomic E-state index is 16.2. The molecule has 0 aliphatic heterocycles. The Morgan fingerprint density at radius 2 is 1.59 bits per heavy atom. The van der Waals surface area contributed by atoms with Gasteiger partial charge in [-0.05, 0) is 41.5 Å². The van der Waals surface area contributed by atoms with Gasteiger partial charge in [-0.3, -0.25) is 9.09 Å². The maximum Gasteiger partial charge on any atom is 0.510 e.